The number of aromatic nitrogens is 2. The van der Waals surface area contributed by atoms with Gasteiger partial charge >= 0.3 is 5.97 Å². The number of aromatic amines is 1. The van der Waals surface area contributed by atoms with Crippen LogP contribution < -0.4 is 0 Å². The highest BCUT2D eigenvalue weighted by Crippen LogP contribution is 2.51. The Balaban J connectivity index is 1.73. The number of esters is 1. The lowest BCUT2D eigenvalue weighted by Gasteiger charge is -2.42. The molecular formula is C38H39N3O3Si. The Bertz CT molecular complexity index is 1630. The molecule has 4 aromatic carbocycles. The van der Waals surface area contributed by atoms with Crippen LogP contribution in [-0.4, -0.2) is 24.3 Å². The van der Waals surface area contributed by atoms with Crippen LogP contribution >= 0.6 is 0 Å². The number of carbonyl (C=O) groups is 1. The van der Waals surface area contributed by atoms with Crippen LogP contribution in [0.4, 0.5) is 0 Å². The predicted octanol–water partition coefficient (Wildman–Crippen LogP) is 8.66. The van der Waals surface area contributed by atoms with Gasteiger partial charge in [-0.15, -0.1) is 0 Å². The van der Waals surface area contributed by atoms with Gasteiger partial charge in [-0.1, -0.05) is 124 Å². The zero-order chi connectivity index (χ0) is 32.1. The molecule has 5 rings (SSSR count). The molecule has 0 amide bonds. The fraction of sp³-hybridized carbons (Fsp3) is 0.237. The summed E-state index contributed by atoms with van der Waals surface area (Å²) < 4.78 is 13.6. The zero-order valence-electron chi connectivity index (χ0n) is 26.4. The van der Waals surface area contributed by atoms with Gasteiger partial charge in [0.2, 0.25) is 0 Å². The normalized spacial score (nSPS) is 13.4. The van der Waals surface area contributed by atoms with E-state index in [-0.39, 0.29) is 5.04 Å². The van der Waals surface area contributed by atoms with Crippen molar-refractivity contribution in [2.24, 2.45) is 0 Å². The van der Waals surface area contributed by atoms with Gasteiger partial charge in [0.15, 0.2) is 20.5 Å². The molecule has 0 radical (unpaired) electrons. The highest BCUT2D eigenvalue weighted by atomic mass is 28.4. The van der Waals surface area contributed by atoms with Crippen molar-refractivity contribution in [3.8, 4) is 6.07 Å². The maximum Gasteiger partial charge on any atom is 0.339 e. The summed E-state index contributed by atoms with van der Waals surface area (Å²) in [6.07, 6.45) is 1.49. The number of hydrogen-bond donors (Lipinski definition) is 1. The third-order valence-electron chi connectivity index (χ3n) is 8.88. The summed E-state index contributed by atoms with van der Waals surface area (Å²) in [6, 6.07) is 39.5. The molecule has 0 bridgehead atoms. The molecule has 0 aliphatic heterocycles. The minimum atomic E-state index is -2.48. The van der Waals surface area contributed by atoms with Crippen LogP contribution in [0.3, 0.4) is 0 Å². The lowest BCUT2D eigenvalue weighted by molar-refractivity contribution is -0.161. The summed E-state index contributed by atoms with van der Waals surface area (Å²) in [5.41, 5.74) is 3.58. The molecule has 5 aromatic rings. The Morgan fingerprint density at radius 3 is 1.69 bits per heavy atom. The molecule has 0 saturated heterocycles. The van der Waals surface area contributed by atoms with E-state index < -0.39 is 31.9 Å². The monoisotopic (exact) mass is 613 g/mol. The van der Waals surface area contributed by atoms with Crippen molar-refractivity contribution in [2.45, 2.75) is 56.5 Å². The quantitative estimate of drug-likeness (QED) is 0.0967. The van der Waals surface area contributed by atoms with E-state index in [4.69, 9.17) is 9.16 Å². The van der Waals surface area contributed by atoms with Gasteiger partial charge in [0.25, 0.3) is 0 Å². The van der Waals surface area contributed by atoms with Crippen LogP contribution in [0.1, 0.15) is 66.5 Å². The van der Waals surface area contributed by atoms with Gasteiger partial charge in [0.1, 0.15) is 5.69 Å². The molecule has 0 spiro atoms. The summed E-state index contributed by atoms with van der Waals surface area (Å²) in [5.74, 6) is -0.523. The molecule has 228 valence electrons. The molecule has 2 atom stereocenters. The van der Waals surface area contributed by atoms with Crippen molar-refractivity contribution in [1.82, 2.24) is 9.97 Å². The van der Waals surface area contributed by atoms with E-state index in [1.54, 1.807) is 36.8 Å². The number of H-pyrrole nitrogens is 1. The SMILES string of the molecule is CC(C)(C)[Si](C)(C)OC(C(=O)OC(c1c[nH]cn1)C(c1ccccc1)(c1ccccc1)c1ccccc1)c1ccc(C#N)cc1. The molecule has 1 N–H and O–H groups in total. The average Bonchev–Trinajstić information content (AvgIpc) is 3.59. The minimum absolute atomic E-state index is 0.165. The highest BCUT2D eigenvalue weighted by molar-refractivity contribution is 6.74. The van der Waals surface area contributed by atoms with Crippen molar-refractivity contribution in [3.05, 3.63) is 161 Å². The van der Waals surface area contributed by atoms with Gasteiger partial charge in [-0.25, -0.2) is 9.78 Å². The van der Waals surface area contributed by atoms with Gasteiger partial charge in [0, 0.05) is 6.20 Å². The van der Waals surface area contributed by atoms with E-state index in [0.29, 0.717) is 16.8 Å². The van der Waals surface area contributed by atoms with E-state index >= 15 is 0 Å². The number of rotatable bonds is 10. The largest absolute Gasteiger partial charge is 0.452 e. The summed E-state index contributed by atoms with van der Waals surface area (Å²) in [7, 11) is -2.48. The number of carbonyl (C=O) groups excluding carboxylic acids is 1. The highest BCUT2D eigenvalue weighted by Gasteiger charge is 2.49. The average molecular weight is 614 g/mol. The molecule has 1 heterocycles. The smallest absolute Gasteiger partial charge is 0.339 e. The van der Waals surface area contributed by atoms with Crippen molar-refractivity contribution in [2.75, 3.05) is 0 Å². The molecule has 7 heteroatoms. The molecule has 2 unspecified atom stereocenters. The Kier molecular flexibility index (Phi) is 9.19. The number of hydrogen-bond acceptors (Lipinski definition) is 5. The molecule has 0 fully saturated rings. The molecule has 0 aliphatic rings. The Morgan fingerprint density at radius 1 is 0.800 bits per heavy atom. The second-order valence-electron chi connectivity index (χ2n) is 12.7. The van der Waals surface area contributed by atoms with Crippen LogP contribution in [0.5, 0.6) is 0 Å². The minimum Gasteiger partial charge on any atom is -0.452 e. The van der Waals surface area contributed by atoms with Crippen LogP contribution in [0.15, 0.2) is 128 Å². The predicted molar refractivity (Wildman–Crippen MR) is 179 cm³/mol. The molecule has 6 nitrogen and oxygen atoms in total. The number of nitrogens with zero attached hydrogens (tertiary/aromatic N) is 2. The molecule has 45 heavy (non-hydrogen) atoms. The van der Waals surface area contributed by atoms with Crippen molar-refractivity contribution in [1.29, 1.82) is 5.26 Å². The lowest BCUT2D eigenvalue weighted by Crippen LogP contribution is -2.45. The van der Waals surface area contributed by atoms with E-state index in [2.05, 4.69) is 86.3 Å². The molecule has 0 aliphatic carbocycles. The Morgan fingerprint density at radius 2 is 1.29 bits per heavy atom. The fourth-order valence-corrected chi connectivity index (χ4v) is 6.65. The van der Waals surface area contributed by atoms with Crippen LogP contribution in [-0.2, 0) is 19.4 Å². The topological polar surface area (TPSA) is 88.0 Å². The molecule has 0 saturated carbocycles. The first-order valence-electron chi connectivity index (χ1n) is 15.1. The van der Waals surface area contributed by atoms with E-state index in [9.17, 15) is 10.1 Å². The summed E-state index contributed by atoms with van der Waals surface area (Å²) >= 11 is 0. The van der Waals surface area contributed by atoms with Crippen molar-refractivity contribution >= 4 is 14.3 Å². The Hall–Kier alpha value is -4.77. The van der Waals surface area contributed by atoms with E-state index in [1.807, 2.05) is 54.6 Å². The maximum atomic E-state index is 14.7. The first kappa shape index (κ1) is 31.6. The number of ether oxygens (including phenoxy) is 1. The first-order chi connectivity index (χ1) is 21.6. The third-order valence-corrected chi connectivity index (χ3v) is 13.3. The second-order valence-corrected chi connectivity index (χ2v) is 17.5. The number of nitriles is 1. The van der Waals surface area contributed by atoms with Crippen molar-refractivity contribution in [3.63, 3.8) is 0 Å². The zero-order valence-corrected chi connectivity index (χ0v) is 27.4. The fourth-order valence-electron chi connectivity index (χ4n) is 5.48. The van der Waals surface area contributed by atoms with Crippen molar-refractivity contribution < 1.29 is 14.0 Å². The van der Waals surface area contributed by atoms with Crippen LogP contribution in [0.2, 0.25) is 18.1 Å². The summed E-state index contributed by atoms with van der Waals surface area (Å²) in [4.78, 5) is 22.5. The molecule has 1 aromatic heterocycles. The maximum absolute atomic E-state index is 14.7. The van der Waals surface area contributed by atoms with Gasteiger partial charge < -0.3 is 14.1 Å². The molecular weight excluding hydrogens is 575 g/mol. The number of benzene rings is 4. The van der Waals surface area contributed by atoms with E-state index in [1.165, 1.54) is 0 Å². The van der Waals surface area contributed by atoms with Gasteiger partial charge in [0.05, 0.1) is 23.4 Å². The number of nitrogens with one attached hydrogen (secondary N) is 1. The standard InChI is InChI=1S/C38H39N3O3Si/c1-37(2,3)45(4,5)44-34(29-23-21-28(25-39)22-24-29)36(42)43-35(33-26-40-27-41-33)38(30-15-9-6-10-16-30,31-17-11-7-12-18-31)32-19-13-8-14-20-32/h6-24,26-27,34-35H,1-5H3,(H,40,41). The Labute approximate surface area is 266 Å². The van der Waals surface area contributed by atoms with Gasteiger partial charge in [-0.3, -0.25) is 0 Å². The van der Waals surface area contributed by atoms with Crippen LogP contribution in [0.25, 0.3) is 0 Å². The lowest BCUT2D eigenvalue weighted by atomic mass is 9.65. The van der Waals surface area contributed by atoms with E-state index in [0.717, 1.165) is 16.7 Å². The number of imidazole rings is 1. The van der Waals surface area contributed by atoms with Gasteiger partial charge in [-0.05, 0) is 52.5 Å². The summed E-state index contributed by atoms with van der Waals surface area (Å²) in [5, 5.41) is 9.27. The first-order valence-corrected chi connectivity index (χ1v) is 18.0. The second kappa shape index (κ2) is 13.1. The van der Waals surface area contributed by atoms with Gasteiger partial charge in [-0.2, -0.15) is 5.26 Å². The summed E-state index contributed by atoms with van der Waals surface area (Å²) in [6.45, 7) is 10.6. The third kappa shape index (κ3) is 6.39. The van der Waals surface area contributed by atoms with Crippen LogP contribution in [0, 0.1) is 11.3 Å².